The van der Waals surface area contributed by atoms with Crippen molar-refractivity contribution in [1.82, 2.24) is 9.88 Å². The van der Waals surface area contributed by atoms with E-state index in [1.807, 2.05) is 16.3 Å². The number of hydrogen-bond acceptors (Lipinski definition) is 3. The maximum atomic E-state index is 12.4. The zero-order chi connectivity index (χ0) is 14.5. The van der Waals surface area contributed by atoms with Crippen molar-refractivity contribution in [1.29, 1.82) is 0 Å². The SMILES string of the molecule is O=C(Nc1nccs1)N1CCCCC1Cc1ccccc1. The number of urea groups is 1. The van der Waals surface area contributed by atoms with Gasteiger partial charge in [-0.3, -0.25) is 5.32 Å². The predicted octanol–water partition coefficient (Wildman–Crippen LogP) is 3.77. The highest BCUT2D eigenvalue weighted by molar-refractivity contribution is 7.13. The van der Waals surface area contributed by atoms with Gasteiger partial charge in [0.15, 0.2) is 5.13 Å². The standard InChI is InChI=1S/C16H19N3OS/c20-16(18-15-17-9-11-21-15)19-10-5-4-8-14(19)12-13-6-2-1-3-7-13/h1-3,6-7,9,11,14H,4-5,8,10,12H2,(H,17,18,20). The van der Waals surface area contributed by atoms with E-state index in [9.17, 15) is 4.79 Å². The molecule has 1 aromatic heterocycles. The number of rotatable bonds is 3. The lowest BCUT2D eigenvalue weighted by atomic mass is 9.96. The summed E-state index contributed by atoms with van der Waals surface area (Å²) >= 11 is 1.45. The van der Waals surface area contributed by atoms with Gasteiger partial charge in [0.2, 0.25) is 0 Å². The van der Waals surface area contributed by atoms with Crippen LogP contribution in [-0.4, -0.2) is 28.5 Å². The second-order valence-corrected chi connectivity index (χ2v) is 6.19. The molecule has 1 saturated heterocycles. The minimum absolute atomic E-state index is 0.0226. The van der Waals surface area contributed by atoms with Crippen molar-refractivity contribution in [2.24, 2.45) is 0 Å². The Balaban J connectivity index is 1.67. The first-order valence-corrected chi connectivity index (χ1v) is 8.22. The van der Waals surface area contributed by atoms with E-state index in [2.05, 4.69) is 34.6 Å². The summed E-state index contributed by atoms with van der Waals surface area (Å²) in [5.74, 6) is 0. The summed E-state index contributed by atoms with van der Waals surface area (Å²) in [5.41, 5.74) is 1.29. The van der Waals surface area contributed by atoms with Gasteiger partial charge in [-0.25, -0.2) is 9.78 Å². The summed E-state index contributed by atoms with van der Waals surface area (Å²) < 4.78 is 0. The van der Waals surface area contributed by atoms with Crippen molar-refractivity contribution in [3.63, 3.8) is 0 Å². The Labute approximate surface area is 128 Å². The van der Waals surface area contributed by atoms with Crippen molar-refractivity contribution in [2.75, 3.05) is 11.9 Å². The van der Waals surface area contributed by atoms with Crippen LogP contribution in [-0.2, 0) is 6.42 Å². The Morgan fingerprint density at radius 2 is 2.19 bits per heavy atom. The Bertz CT molecular complexity index is 570. The van der Waals surface area contributed by atoms with Crippen LogP contribution in [0.4, 0.5) is 9.93 Å². The van der Waals surface area contributed by atoms with Crippen molar-refractivity contribution in [2.45, 2.75) is 31.7 Å². The van der Waals surface area contributed by atoms with Gasteiger partial charge in [0.1, 0.15) is 0 Å². The zero-order valence-corrected chi connectivity index (χ0v) is 12.7. The van der Waals surface area contributed by atoms with Gasteiger partial charge in [0.25, 0.3) is 0 Å². The van der Waals surface area contributed by atoms with Crippen LogP contribution in [0, 0.1) is 0 Å². The summed E-state index contributed by atoms with van der Waals surface area (Å²) in [6.45, 7) is 0.828. The number of amides is 2. The molecule has 110 valence electrons. The third-order valence-corrected chi connectivity index (χ3v) is 4.54. The van der Waals surface area contributed by atoms with E-state index in [1.54, 1.807) is 6.20 Å². The van der Waals surface area contributed by atoms with Gasteiger partial charge in [-0.05, 0) is 31.2 Å². The highest BCUT2D eigenvalue weighted by atomic mass is 32.1. The van der Waals surface area contributed by atoms with E-state index < -0.39 is 0 Å². The van der Waals surface area contributed by atoms with Crippen molar-refractivity contribution < 1.29 is 4.79 Å². The molecule has 1 aliphatic heterocycles. The molecule has 1 aliphatic rings. The topological polar surface area (TPSA) is 45.2 Å². The maximum Gasteiger partial charge on any atom is 0.323 e. The fraction of sp³-hybridized carbons (Fsp3) is 0.375. The minimum atomic E-state index is -0.0226. The second-order valence-electron chi connectivity index (χ2n) is 5.30. The van der Waals surface area contributed by atoms with Crippen LogP contribution in [0.25, 0.3) is 0 Å². The number of anilines is 1. The van der Waals surface area contributed by atoms with Crippen LogP contribution in [0.3, 0.4) is 0 Å². The van der Waals surface area contributed by atoms with Crippen LogP contribution in [0.1, 0.15) is 24.8 Å². The predicted molar refractivity (Wildman–Crippen MR) is 85.6 cm³/mol. The van der Waals surface area contributed by atoms with E-state index in [-0.39, 0.29) is 12.1 Å². The van der Waals surface area contributed by atoms with Gasteiger partial charge in [-0.2, -0.15) is 0 Å². The number of thiazole rings is 1. The highest BCUT2D eigenvalue weighted by Gasteiger charge is 2.27. The number of piperidine rings is 1. The number of carbonyl (C=O) groups excluding carboxylic acids is 1. The molecule has 0 spiro atoms. The fourth-order valence-electron chi connectivity index (χ4n) is 2.81. The van der Waals surface area contributed by atoms with Gasteiger partial charge >= 0.3 is 6.03 Å². The molecule has 2 amide bonds. The third kappa shape index (κ3) is 3.61. The van der Waals surface area contributed by atoms with Gasteiger partial charge in [0.05, 0.1) is 0 Å². The van der Waals surface area contributed by atoms with Crippen molar-refractivity contribution >= 4 is 22.5 Å². The normalized spacial score (nSPS) is 18.5. The molecule has 0 radical (unpaired) electrons. The molecule has 0 aliphatic carbocycles. The first-order valence-electron chi connectivity index (χ1n) is 7.34. The molecule has 4 nitrogen and oxygen atoms in total. The average molecular weight is 301 g/mol. The molecule has 5 heteroatoms. The van der Waals surface area contributed by atoms with Gasteiger partial charge < -0.3 is 4.90 Å². The molecule has 1 unspecified atom stereocenters. The first kappa shape index (κ1) is 14.1. The average Bonchev–Trinajstić information content (AvgIpc) is 3.02. The second kappa shape index (κ2) is 6.72. The fourth-order valence-corrected chi connectivity index (χ4v) is 3.33. The number of nitrogens with one attached hydrogen (secondary N) is 1. The molecule has 21 heavy (non-hydrogen) atoms. The Morgan fingerprint density at radius 3 is 2.95 bits per heavy atom. The molecular weight excluding hydrogens is 282 g/mol. The van der Waals surface area contributed by atoms with Crippen LogP contribution >= 0.6 is 11.3 Å². The first-order chi connectivity index (χ1) is 10.3. The molecule has 3 rings (SSSR count). The quantitative estimate of drug-likeness (QED) is 0.938. The smallest absolute Gasteiger partial charge is 0.321 e. The van der Waals surface area contributed by atoms with Gasteiger partial charge in [-0.1, -0.05) is 30.3 Å². The lowest BCUT2D eigenvalue weighted by Gasteiger charge is -2.35. The van der Waals surface area contributed by atoms with E-state index in [0.717, 1.165) is 25.8 Å². The molecule has 2 aromatic rings. The summed E-state index contributed by atoms with van der Waals surface area (Å²) in [5, 5.41) is 5.44. The summed E-state index contributed by atoms with van der Waals surface area (Å²) in [4.78, 5) is 18.5. The van der Waals surface area contributed by atoms with Crippen LogP contribution < -0.4 is 5.32 Å². The lowest BCUT2D eigenvalue weighted by Crippen LogP contribution is -2.46. The molecule has 1 atom stereocenters. The Hall–Kier alpha value is -1.88. The number of aromatic nitrogens is 1. The van der Waals surface area contributed by atoms with Crippen LogP contribution in [0.15, 0.2) is 41.9 Å². The van der Waals surface area contributed by atoms with Crippen LogP contribution in [0.2, 0.25) is 0 Å². The number of nitrogens with zero attached hydrogens (tertiary/aromatic N) is 2. The highest BCUT2D eigenvalue weighted by Crippen LogP contribution is 2.22. The van der Waals surface area contributed by atoms with Gasteiger partial charge in [0, 0.05) is 24.2 Å². The van der Waals surface area contributed by atoms with Gasteiger partial charge in [-0.15, -0.1) is 11.3 Å². The maximum absolute atomic E-state index is 12.4. The summed E-state index contributed by atoms with van der Waals surface area (Å²) in [6, 6.07) is 10.6. The van der Waals surface area contributed by atoms with Crippen molar-refractivity contribution in [3.05, 3.63) is 47.5 Å². The number of hydrogen-bond donors (Lipinski definition) is 1. The van der Waals surface area contributed by atoms with Crippen molar-refractivity contribution in [3.8, 4) is 0 Å². The third-order valence-electron chi connectivity index (χ3n) is 3.85. The minimum Gasteiger partial charge on any atom is -0.321 e. The van der Waals surface area contributed by atoms with E-state index in [0.29, 0.717) is 5.13 Å². The zero-order valence-electron chi connectivity index (χ0n) is 11.9. The van der Waals surface area contributed by atoms with E-state index in [1.165, 1.54) is 23.3 Å². The Kier molecular flexibility index (Phi) is 4.50. The van der Waals surface area contributed by atoms with E-state index >= 15 is 0 Å². The summed E-state index contributed by atoms with van der Waals surface area (Å²) in [7, 11) is 0. The molecule has 1 N–H and O–H groups in total. The van der Waals surface area contributed by atoms with E-state index in [4.69, 9.17) is 0 Å². The molecular formula is C16H19N3OS. The molecule has 0 bridgehead atoms. The number of carbonyl (C=O) groups is 1. The monoisotopic (exact) mass is 301 g/mol. The number of benzene rings is 1. The molecule has 1 aromatic carbocycles. The largest absolute Gasteiger partial charge is 0.323 e. The van der Waals surface area contributed by atoms with Crippen LogP contribution in [0.5, 0.6) is 0 Å². The number of likely N-dealkylation sites (tertiary alicyclic amines) is 1. The lowest BCUT2D eigenvalue weighted by molar-refractivity contribution is 0.162. The molecule has 0 saturated carbocycles. The molecule has 2 heterocycles. The Morgan fingerprint density at radius 1 is 1.33 bits per heavy atom. The summed E-state index contributed by atoms with van der Waals surface area (Å²) in [6.07, 6.45) is 5.97. The molecule has 1 fully saturated rings.